The number of fused-ring (bicyclic) bond motifs is 1. The largest absolute Gasteiger partial charge is 0.508 e. The Morgan fingerprint density at radius 2 is 1.06 bits per heavy atom. The van der Waals surface area contributed by atoms with Gasteiger partial charge >= 0.3 is 5.97 Å². The number of carbonyl (C=O) groups is 4. The molecule has 5 aromatic carbocycles. The molecule has 5 aromatic rings. The lowest BCUT2D eigenvalue weighted by atomic mass is 9.96. The SMILES string of the molecule is COc1ccc2cc(C(C)C(=O)NC(Cc3ccccc3)C(=O)NC(Cc3ccccc3)C(=O)NC(Cc3ccc(O)cc3)C(=O)O)ccc2c1. The van der Waals surface area contributed by atoms with Gasteiger partial charge in [-0.05, 0) is 64.2 Å². The minimum absolute atomic E-state index is 0.0325. The topological polar surface area (TPSA) is 154 Å². The Kier molecular flexibility index (Phi) is 12.0. The molecule has 5 rings (SSSR count). The molecular formula is C41H41N3O7. The maximum Gasteiger partial charge on any atom is 0.326 e. The van der Waals surface area contributed by atoms with E-state index in [-0.39, 0.29) is 30.9 Å². The molecule has 0 saturated heterocycles. The first-order chi connectivity index (χ1) is 24.6. The first kappa shape index (κ1) is 36.1. The lowest BCUT2D eigenvalue weighted by Gasteiger charge is -2.26. The average molecular weight is 688 g/mol. The van der Waals surface area contributed by atoms with Gasteiger partial charge in [-0.25, -0.2) is 4.79 Å². The van der Waals surface area contributed by atoms with Gasteiger partial charge < -0.3 is 30.9 Å². The number of methoxy groups -OCH3 is 1. The lowest BCUT2D eigenvalue weighted by Crippen LogP contribution is -2.57. The molecule has 4 atom stereocenters. The standard InChI is InChI=1S/C41H41N3O7/c1-26(30-15-16-32-25-34(51-2)20-17-31(32)24-30)38(46)42-35(21-27-9-5-3-6-10-27)39(47)43-36(22-28-11-7-4-8-12-28)40(48)44-37(41(49)50)23-29-13-18-33(45)19-14-29/h3-20,24-26,35-37,45H,21-23H2,1-2H3,(H,42,46)(H,43,47)(H,44,48)(H,49,50). The van der Waals surface area contributed by atoms with Crippen LogP contribution in [0.5, 0.6) is 11.5 Å². The van der Waals surface area contributed by atoms with Crippen LogP contribution in [-0.2, 0) is 38.4 Å². The number of amides is 3. The molecule has 0 radical (unpaired) electrons. The number of carbonyl (C=O) groups excluding carboxylic acids is 3. The van der Waals surface area contributed by atoms with E-state index in [9.17, 15) is 29.4 Å². The maximum atomic E-state index is 14.1. The van der Waals surface area contributed by atoms with Crippen molar-refractivity contribution in [2.45, 2.75) is 50.2 Å². The van der Waals surface area contributed by atoms with E-state index in [1.165, 1.54) is 12.1 Å². The third-order valence-corrected chi connectivity index (χ3v) is 8.79. The fourth-order valence-electron chi connectivity index (χ4n) is 5.82. The molecule has 4 unspecified atom stereocenters. The van der Waals surface area contributed by atoms with Crippen LogP contribution < -0.4 is 20.7 Å². The Morgan fingerprint density at radius 1 is 0.588 bits per heavy atom. The number of carboxylic acids is 1. The van der Waals surface area contributed by atoms with Crippen LogP contribution in [0.15, 0.2) is 121 Å². The highest BCUT2D eigenvalue weighted by Crippen LogP contribution is 2.25. The van der Waals surface area contributed by atoms with Crippen LogP contribution in [0.1, 0.15) is 35.1 Å². The molecule has 0 aliphatic carbocycles. The Labute approximate surface area is 296 Å². The van der Waals surface area contributed by atoms with Gasteiger partial charge in [0.2, 0.25) is 17.7 Å². The number of phenols is 1. The molecule has 10 heteroatoms. The first-order valence-corrected chi connectivity index (χ1v) is 16.7. The number of hydrogen-bond acceptors (Lipinski definition) is 6. The van der Waals surface area contributed by atoms with Gasteiger partial charge in [-0.15, -0.1) is 0 Å². The van der Waals surface area contributed by atoms with Gasteiger partial charge in [-0.3, -0.25) is 14.4 Å². The van der Waals surface area contributed by atoms with Crippen LogP contribution in [0.3, 0.4) is 0 Å². The molecule has 262 valence electrons. The summed E-state index contributed by atoms with van der Waals surface area (Å²) in [5.74, 6) is -2.76. The van der Waals surface area contributed by atoms with Crippen molar-refractivity contribution in [3.05, 3.63) is 144 Å². The number of hydrogen-bond donors (Lipinski definition) is 5. The second-order valence-corrected chi connectivity index (χ2v) is 12.5. The van der Waals surface area contributed by atoms with Gasteiger partial charge in [0, 0.05) is 19.3 Å². The predicted octanol–water partition coefficient (Wildman–Crippen LogP) is 4.92. The maximum absolute atomic E-state index is 14.1. The van der Waals surface area contributed by atoms with Gasteiger partial charge in [-0.2, -0.15) is 0 Å². The Bertz CT molecular complexity index is 1970. The molecule has 0 aliphatic heterocycles. The van der Waals surface area contributed by atoms with E-state index < -0.39 is 41.8 Å². The number of phenolic OH excluding ortho intramolecular Hbond substituents is 1. The fraction of sp³-hybridized carbons (Fsp3) is 0.220. The summed E-state index contributed by atoms with van der Waals surface area (Å²) in [5.41, 5.74) is 2.90. The lowest BCUT2D eigenvalue weighted by molar-refractivity contribution is -0.142. The average Bonchev–Trinajstić information content (AvgIpc) is 3.14. The highest BCUT2D eigenvalue weighted by Gasteiger charge is 2.31. The zero-order chi connectivity index (χ0) is 36.3. The number of carboxylic acid groups (broad SMARTS) is 1. The van der Waals surface area contributed by atoms with Crippen LogP contribution in [0.2, 0.25) is 0 Å². The molecule has 5 N–H and O–H groups in total. The van der Waals surface area contributed by atoms with Crippen LogP contribution in [0.25, 0.3) is 10.8 Å². The third kappa shape index (κ3) is 9.95. The number of benzene rings is 5. The Hall–Kier alpha value is -6.16. The van der Waals surface area contributed by atoms with Gasteiger partial charge in [-0.1, -0.05) is 97.1 Å². The van der Waals surface area contributed by atoms with E-state index in [4.69, 9.17) is 4.74 Å². The highest BCUT2D eigenvalue weighted by molar-refractivity contribution is 5.95. The summed E-state index contributed by atoms with van der Waals surface area (Å²) in [5, 5.41) is 29.8. The molecule has 51 heavy (non-hydrogen) atoms. The second-order valence-electron chi connectivity index (χ2n) is 12.5. The molecule has 0 saturated carbocycles. The summed E-state index contributed by atoms with van der Waals surface area (Å²) in [6.07, 6.45) is 0.190. The van der Waals surface area contributed by atoms with Gasteiger partial charge in [0.15, 0.2) is 0 Å². The summed E-state index contributed by atoms with van der Waals surface area (Å²) in [6.45, 7) is 1.77. The van der Waals surface area contributed by atoms with E-state index in [1.807, 2.05) is 84.9 Å². The van der Waals surface area contributed by atoms with Crippen molar-refractivity contribution in [1.82, 2.24) is 16.0 Å². The number of aliphatic carboxylic acids is 1. The van der Waals surface area contributed by atoms with E-state index in [0.717, 1.165) is 33.2 Å². The van der Waals surface area contributed by atoms with Gasteiger partial charge in [0.05, 0.1) is 13.0 Å². The van der Waals surface area contributed by atoms with Gasteiger partial charge in [0.25, 0.3) is 0 Å². The zero-order valence-corrected chi connectivity index (χ0v) is 28.4. The molecule has 3 amide bonds. The second kappa shape index (κ2) is 17.0. The molecule has 0 heterocycles. The molecule has 0 spiro atoms. The van der Waals surface area contributed by atoms with Crippen molar-refractivity contribution in [3.8, 4) is 11.5 Å². The zero-order valence-electron chi connectivity index (χ0n) is 28.4. The molecule has 0 aromatic heterocycles. The van der Waals surface area contributed by atoms with E-state index in [0.29, 0.717) is 5.56 Å². The van der Waals surface area contributed by atoms with Gasteiger partial charge in [0.1, 0.15) is 29.6 Å². The van der Waals surface area contributed by atoms with Crippen molar-refractivity contribution < 1.29 is 34.1 Å². The number of aromatic hydroxyl groups is 1. The summed E-state index contributed by atoms with van der Waals surface area (Å²) in [7, 11) is 1.60. The summed E-state index contributed by atoms with van der Waals surface area (Å²) in [4.78, 5) is 53.8. The Morgan fingerprint density at radius 3 is 1.61 bits per heavy atom. The molecule has 0 fully saturated rings. The highest BCUT2D eigenvalue weighted by atomic mass is 16.5. The molecule has 10 nitrogen and oxygen atoms in total. The van der Waals surface area contributed by atoms with Crippen molar-refractivity contribution in [2.75, 3.05) is 7.11 Å². The van der Waals surface area contributed by atoms with E-state index in [1.54, 1.807) is 38.3 Å². The van der Waals surface area contributed by atoms with Crippen LogP contribution in [0.4, 0.5) is 0 Å². The van der Waals surface area contributed by atoms with Crippen LogP contribution >= 0.6 is 0 Å². The number of ether oxygens (including phenoxy) is 1. The molecular weight excluding hydrogens is 646 g/mol. The third-order valence-electron chi connectivity index (χ3n) is 8.79. The van der Waals surface area contributed by atoms with Crippen molar-refractivity contribution in [2.24, 2.45) is 0 Å². The minimum Gasteiger partial charge on any atom is -0.508 e. The molecule has 0 aliphatic rings. The van der Waals surface area contributed by atoms with Crippen LogP contribution in [-0.4, -0.2) is 59.1 Å². The first-order valence-electron chi connectivity index (χ1n) is 16.7. The van der Waals surface area contributed by atoms with Crippen LogP contribution in [0, 0.1) is 0 Å². The number of rotatable bonds is 15. The monoisotopic (exact) mass is 687 g/mol. The smallest absolute Gasteiger partial charge is 0.326 e. The summed E-state index contributed by atoms with van der Waals surface area (Å²) >= 11 is 0. The normalized spacial score (nSPS) is 13.3. The number of nitrogens with one attached hydrogen (secondary N) is 3. The quantitative estimate of drug-likeness (QED) is 0.105. The van der Waals surface area contributed by atoms with Crippen molar-refractivity contribution in [3.63, 3.8) is 0 Å². The fourth-order valence-corrected chi connectivity index (χ4v) is 5.82. The minimum atomic E-state index is -1.30. The Balaban J connectivity index is 1.37. The van der Waals surface area contributed by atoms with E-state index >= 15 is 0 Å². The van der Waals surface area contributed by atoms with Crippen molar-refractivity contribution in [1.29, 1.82) is 0 Å². The van der Waals surface area contributed by atoms with E-state index in [2.05, 4.69) is 16.0 Å². The summed E-state index contributed by atoms with van der Waals surface area (Å²) in [6, 6.07) is 32.2. The molecule has 0 bridgehead atoms. The van der Waals surface area contributed by atoms with Crippen molar-refractivity contribution >= 4 is 34.5 Å². The predicted molar refractivity (Wildman–Crippen MR) is 194 cm³/mol. The summed E-state index contributed by atoms with van der Waals surface area (Å²) < 4.78 is 5.32.